The van der Waals surface area contributed by atoms with Crippen LogP contribution in [0.2, 0.25) is 0 Å². The quantitative estimate of drug-likeness (QED) is 0.704. The van der Waals surface area contributed by atoms with E-state index in [1.54, 1.807) is 12.7 Å². The fourth-order valence-electron chi connectivity index (χ4n) is 1.73. The van der Waals surface area contributed by atoms with E-state index in [0.717, 1.165) is 32.4 Å². The molecule has 0 amide bonds. The second kappa shape index (κ2) is 4.93. The minimum absolute atomic E-state index is 0.196. The molecule has 1 saturated carbocycles. The fraction of sp³-hybridized carbons (Fsp3) is 0.818. The Morgan fingerprint density at radius 1 is 1.56 bits per heavy atom. The maximum absolute atomic E-state index is 9.19. The number of rotatable bonds is 7. The third kappa shape index (κ3) is 3.02. The van der Waals surface area contributed by atoms with Gasteiger partial charge in [-0.2, -0.15) is 5.10 Å². The molecule has 2 N–H and O–H groups in total. The fourth-order valence-corrected chi connectivity index (χ4v) is 1.73. The van der Waals surface area contributed by atoms with Crippen LogP contribution in [0.4, 0.5) is 0 Å². The highest BCUT2D eigenvalue weighted by molar-refractivity contribution is 4.94. The van der Waals surface area contributed by atoms with Crippen LogP contribution in [-0.2, 0) is 6.54 Å². The molecule has 2 rings (SSSR count). The molecule has 0 bridgehead atoms. The molecular formula is C11H20N4O. The van der Waals surface area contributed by atoms with Gasteiger partial charge in [0, 0.05) is 31.2 Å². The van der Waals surface area contributed by atoms with Gasteiger partial charge in [0.2, 0.25) is 0 Å². The first kappa shape index (κ1) is 11.5. The van der Waals surface area contributed by atoms with Crippen molar-refractivity contribution >= 4 is 0 Å². The van der Waals surface area contributed by atoms with Crippen LogP contribution in [0, 0.1) is 5.41 Å². The Morgan fingerprint density at radius 3 is 2.94 bits per heavy atom. The summed E-state index contributed by atoms with van der Waals surface area (Å²) in [6.45, 7) is 4.31. The Kier molecular flexibility index (Phi) is 3.56. The molecule has 1 unspecified atom stereocenters. The molecule has 1 aromatic heterocycles. The van der Waals surface area contributed by atoms with Crippen LogP contribution in [0.1, 0.15) is 26.2 Å². The number of aliphatic hydroxyl groups is 1. The van der Waals surface area contributed by atoms with Gasteiger partial charge < -0.3 is 10.4 Å². The number of hydrogen-bond donors (Lipinski definition) is 2. The van der Waals surface area contributed by atoms with Crippen LogP contribution in [-0.4, -0.2) is 39.1 Å². The van der Waals surface area contributed by atoms with Crippen LogP contribution in [0.15, 0.2) is 12.7 Å². The number of aromatic nitrogens is 3. The van der Waals surface area contributed by atoms with Crippen LogP contribution in [0.3, 0.4) is 0 Å². The van der Waals surface area contributed by atoms with Crippen LogP contribution in [0.25, 0.3) is 0 Å². The number of aryl methyl sites for hydroxylation is 1. The predicted octanol–water partition coefficient (Wildman–Crippen LogP) is 0.419. The minimum atomic E-state index is 0.196. The molecule has 0 radical (unpaired) electrons. The van der Waals surface area contributed by atoms with E-state index in [1.807, 2.05) is 4.68 Å². The van der Waals surface area contributed by atoms with Gasteiger partial charge >= 0.3 is 0 Å². The molecule has 0 spiro atoms. The standard InChI is InChI=1S/C11H20N4O/c1-10(2-5-15-9-12-8-14-15)13-6-11(7-16)3-4-11/h8-10,13,16H,2-7H2,1H3. The Hall–Kier alpha value is -0.940. The number of aliphatic hydroxyl groups excluding tert-OH is 1. The van der Waals surface area contributed by atoms with Crippen molar-refractivity contribution in [1.82, 2.24) is 20.1 Å². The molecule has 90 valence electrons. The lowest BCUT2D eigenvalue weighted by atomic mass is 10.1. The van der Waals surface area contributed by atoms with Crippen LogP contribution >= 0.6 is 0 Å². The van der Waals surface area contributed by atoms with Crippen molar-refractivity contribution in [3.8, 4) is 0 Å². The zero-order valence-electron chi connectivity index (χ0n) is 9.76. The number of nitrogens with zero attached hydrogens (tertiary/aromatic N) is 3. The first-order valence-corrected chi connectivity index (χ1v) is 5.91. The van der Waals surface area contributed by atoms with E-state index in [4.69, 9.17) is 0 Å². The maximum atomic E-state index is 9.19. The van der Waals surface area contributed by atoms with Crippen molar-refractivity contribution in [2.75, 3.05) is 13.2 Å². The predicted molar refractivity (Wildman–Crippen MR) is 60.9 cm³/mol. The van der Waals surface area contributed by atoms with E-state index in [9.17, 15) is 5.11 Å². The summed E-state index contributed by atoms with van der Waals surface area (Å²) in [5, 5.41) is 16.7. The molecule has 0 saturated heterocycles. The van der Waals surface area contributed by atoms with Crippen molar-refractivity contribution in [1.29, 1.82) is 0 Å². The van der Waals surface area contributed by atoms with E-state index < -0.39 is 0 Å². The molecule has 1 aliphatic rings. The molecule has 0 aliphatic heterocycles. The van der Waals surface area contributed by atoms with Gasteiger partial charge in [-0.1, -0.05) is 0 Å². The Bertz CT molecular complexity index is 308. The van der Waals surface area contributed by atoms with Crippen LogP contribution in [0.5, 0.6) is 0 Å². The van der Waals surface area contributed by atoms with Gasteiger partial charge in [-0.3, -0.25) is 4.68 Å². The van der Waals surface area contributed by atoms with Crippen LogP contribution < -0.4 is 5.32 Å². The molecular weight excluding hydrogens is 204 g/mol. The smallest absolute Gasteiger partial charge is 0.137 e. The summed E-state index contributed by atoms with van der Waals surface area (Å²) in [5.74, 6) is 0. The van der Waals surface area contributed by atoms with Crippen molar-refractivity contribution in [2.24, 2.45) is 5.41 Å². The summed E-state index contributed by atoms with van der Waals surface area (Å²) < 4.78 is 1.84. The second-order valence-corrected chi connectivity index (χ2v) is 4.89. The van der Waals surface area contributed by atoms with E-state index in [2.05, 4.69) is 22.3 Å². The first-order valence-electron chi connectivity index (χ1n) is 5.91. The molecule has 16 heavy (non-hydrogen) atoms. The summed E-state index contributed by atoms with van der Waals surface area (Å²) in [7, 11) is 0. The molecule has 1 heterocycles. The van der Waals surface area contributed by atoms with Crippen molar-refractivity contribution in [2.45, 2.75) is 38.8 Å². The third-order valence-electron chi connectivity index (χ3n) is 3.38. The summed E-state index contributed by atoms with van der Waals surface area (Å²) in [4.78, 5) is 3.91. The Morgan fingerprint density at radius 2 is 2.38 bits per heavy atom. The van der Waals surface area contributed by atoms with Gasteiger partial charge in [0.05, 0.1) is 0 Å². The molecule has 1 aromatic rings. The topological polar surface area (TPSA) is 63.0 Å². The van der Waals surface area contributed by atoms with Crippen molar-refractivity contribution in [3.63, 3.8) is 0 Å². The van der Waals surface area contributed by atoms with Crippen molar-refractivity contribution < 1.29 is 5.11 Å². The summed E-state index contributed by atoms with van der Waals surface area (Å²) in [6, 6.07) is 0.452. The highest BCUT2D eigenvalue weighted by Crippen LogP contribution is 2.44. The van der Waals surface area contributed by atoms with Crippen molar-refractivity contribution in [3.05, 3.63) is 12.7 Å². The molecule has 1 fully saturated rings. The van der Waals surface area contributed by atoms with E-state index in [-0.39, 0.29) is 5.41 Å². The molecule has 5 nitrogen and oxygen atoms in total. The SMILES string of the molecule is CC(CCn1cncn1)NCC1(CO)CC1. The van der Waals surface area contributed by atoms with Gasteiger partial charge in [-0.25, -0.2) is 4.98 Å². The van der Waals surface area contributed by atoms with E-state index in [0.29, 0.717) is 12.6 Å². The summed E-state index contributed by atoms with van der Waals surface area (Å²) >= 11 is 0. The lowest BCUT2D eigenvalue weighted by molar-refractivity contribution is 0.203. The highest BCUT2D eigenvalue weighted by Gasteiger charge is 2.41. The number of nitrogens with one attached hydrogen (secondary N) is 1. The highest BCUT2D eigenvalue weighted by atomic mass is 16.3. The maximum Gasteiger partial charge on any atom is 0.137 e. The molecule has 1 aliphatic carbocycles. The number of hydrogen-bond acceptors (Lipinski definition) is 4. The lowest BCUT2D eigenvalue weighted by Gasteiger charge is -2.18. The zero-order valence-corrected chi connectivity index (χ0v) is 9.76. The monoisotopic (exact) mass is 224 g/mol. The average molecular weight is 224 g/mol. The Labute approximate surface area is 95.9 Å². The zero-order chi connectivity index (χ0) is 11.4. The largest absolute Gasteiger partial charge is 0.396 e. The lowest BCUT2D eigenvalue weighted by Crippen LogP contribution is -2.34. The van der Waals surface area contributed by atoms with Gasteiger partial charge in [0.25, 0.3) is 0 Å². The van der Waals surface area contributed by atoms with Gasteiger partial charge in [-0.15, -0.1) is 0 Å². The van der Waals surface area contributed by atoms with Gasteiger partial charge in [0.15, 0.2) is 0 Å². The minimum Gasteiger partial charge on any atom is -0.396 e. The second-order valence-electron chi connectivity index (χ2n) is 4.89. The molecule has 0 aromatic carbocycles. The first-order chi connectivity index (χ1) is 7.74. The van der Waals surface area contributed by atoms with E-state index >= 15 is 0 Å². The van der Waals surface area contributed by atoms with E-state index in [1.165, 1.54) is 0 Å². The van der Waals surface area contributed by atoms with Gasteiger partial charge in [0.1, 0.15) is 12.7 Å². The summed E-state index contributed by atoms with van der Waals surface area (Å²) in [5.41, 5.74) is 0.196. The average Bonchev–Trinajstić information content (AvgIpc) is 2.90. The molecule has 1 atom stereocenters. The normalized spacial score (nSPS) is 19.6. The molecule has 5 heteroatoms. The Balaban J connectivity index is 1.63. The van der Waals surface area contributed by atoms with Gasteiger partial charge in [-0.05, 0) is 26.2 Å². The third-order valence-corrected chi connectivity index (χ3v) is 3.38. The summed E-state index contributed by atoms with van der Waals surface area (Å²) in [6.07, 6.45) is 6.65.